The average Bonchev–Trinajstić information content (AvgIpc) is 2.27. The molecule has 0 radical (unpaired) electrons. The number of hydrogen-bond donors (Lipinski definition) is 1. The van der Waals surface area contributed by atoms with E-state index in [9.17, 15) is 0 Å². The van der Waals surface area contributed by atoms with E-state index in [1.165, 1.54) is 21.2 Å². The Balaban J connectivity index is 2.78. The molecule has 72 valence electrons. The lowest BCUT2D eigenvalue weighted by Crippen LogP contribution is -1.97. The zero-order chi connectivity index (χ0) is 9.97. The maximum Gasteiger partial charge on any atom is 0.0184 e. The Kier molecular flexibility index (Phi) is 2.75. The van der Waals surface area contributed by atoms with Crippen LogP contribution in [0.4, 0.5) is 0 Å². The molecule has 2 aromatic carbocycles. The lowest BCUT2D eigenvalue weighted by Gasteiger charge is -2.07. The molecule has 14 heavy (non-hydrogen) atoms. The zero-order valence-electron chi connectivity index (χ0n) is 8.16. The molecule has 0 unspecified atom stereocenters. The van der Waals surface area contributed by atoms with Gasteiger partial charge in [0, 0.05) is 11.4 Å². The van der Waals surface area contributed by atoms with Gasteiger partial charge in [-0.2, -0.15) is 0 Å². The summed E-state index contributed by atoms with van der Waals surface area (Å²) in [5.41, 5.74) is 6.92. The van der Waals surface area contributed by atoms with Crippen LogP contribution in [-0.4, -0.2) is 6.26 Å². The van der Waals surface area contributed by atoms with Crippen molar-refractivity contribution in [3.05, 3.63) is 42.0 Å². The highest BCUT2D eigenvalue weighted by molar-refractivity contribution is 7.98. The van der Waals surface area contributed by atoms with Crippen LogP contribution < -0.4 is 5.73 Å². The Bertz CT molecular complexity index is 409. The van der Waals surface area contributed by atoms with Crippen molar-refractivity contribution in [2.75, 3.05) is 6.26 Å². The van der Waals surface area contributed by atoms with Gasteiger partial charge in [0.25, 0.3) is 0 Å². The van der Waals surface area contributed by atoms with E-state index in [4.69, 9.17) is 5.73 Å². The van der Waals surface area contributed by atoms with E-state index in [-0.39, 0.29) is 0 Å². The smallest absolute Gasteiger partial charge is 0.0184 e. The second kappa shape index (κ2) is 4.03. The fraction of sp³-hybridized carbons (Fsp3) is 0.167. The largest absolute Gasteiger partial charge is 0.326 e. The Morgan fingerprint density at radius 3 is 2.43 bits per heavy atom. The van der Waals surface area contributed by atoms with Gasteiger partial charge in [0.1, 0.15) is 0 Å². The first kappa shape index (κ1) is 9.56. The fourth-order valence-corrected chi connectivity index (χ4v) is 2.29. The van der Waals surface area contributed by atoms with Gasteiger partial charge in [-0.3, -0.25) is 0 Å². The van der Waals surface area contributed by atoms with Crippen molar-refractivity contribution < 1.29 is 0 Å². The lowest BCUT2D eigenvalue weighted by molar-refractivity contribution is 1.08. The topological polar surface area (TPSA) is 26.0 Å². The van der Waals surface area contributed by atoms with Gasteiger partial charge in [-0.1, -0.05) is 30.3 Å². The lowest BCUT2D eigenvalue weighted by atomic mass is 10.0. The molecule has 0 heterocycles. The molecule has 0 aliphatic carbocycles. The van der Waals surface area contributed by atoms with Crippen LogP contribution in [0.5, 0.6) is 0 Å². The quantitative estimate of drug-likeness (QED) is 0.759. The second-order valence-electron chi connectivity index (χ2n) is 3.18. The zero-order valence-corrected chi connectivity index (χ0v) is 8.97. The number of thioether (sulfide) groups is 1. The van der Waals surface area contributed by atoms with Crippen molar-refractivity contribution >= 4 is 22.5 Å². The van der Waals surface area contributed by atoms with Gasteiger partial charge in [-0.25, -0.2) is 0 Å². The van der Waals surface area contributed by atoms with Gasteiger partial charge >= 0.3 is 0 Å². The highest BCUT2D eigenvalue weighted by Crippen LogP contribution is 2.28. The van der Waals surface area contributed by atoms with Gasteiger partial charge in [0.2, 0.25) is 0 Å². The van der Waals surface area contributed by atoms with Crippen LogP contribution in [0.3, 0.4) is 0 Å². The molecule has 0 fully saturated rings. The Labute approximate surface area is 88.3 Å². The molecule has 2 N–H and O–H groups in total. The molecule has 0 atom stereocenters. The maximum atomic E-state index is 5.70. The van der Waals surface area contributed by atoms with Crippen molar-refractivity contribution in [3.8, 4) is 0 Å². The molecule has 0 spiro atoms. The molecule has 2 heteroatoms. The molecule has 0 aliphatic heterocycles. The van der Waals surface area contributed by atoms with E-state index in [1.807, 2.05) is 0 Å². The summed E-state index contributed by atoms with van der Waals surface area (Å²) in [6.45, 7) is 0.606. The van der Waals surface area contributed by atoms with Crippen LogP contribution in [0.2, 0.25) is 0 Å². The number of nitrogens with two attached hydrogens (primary N) is 1. The van der Waals surface area contributed by atoms with Crippen molar-refractivity contribution in [1.82, 2.24) is 0 Å². The maximum absolute atomic E-state index is 5.70. The molecule has 0 amide bonds. The number of rotatable bonds is 2. The summed E-state index contributed by atoms with van der Waals surface area (Å²) in [7, 11) is 0. The van der Waals surface area contributed by atoms with E-state index in [1.54, 1.807) is 11.8 Å². The normalized spacial score (nSPS) is 10.7. The van der Waals surface area contributed by atoms with Gasteiger partial charge in [-0.05, 0) is 28.7 Å². The molecule has 0 aliphatic rings. The third-order valence-corrected chi connectivity index (χ3v) is 3.21. The summed E-state index contributed by atoms with van der Waals surface area (Å²) < 4.78 is 0. The average molecular weight is 203 g/mol. The summed E-state index contributed by atoms with van der Waals surface area (Å²) in [4.78, 5) is 1.32. The van der Waals surface area contributed by atoms with Gasteiger partial charge < -0.3 is 5.73 Å². The molecular weight excluding hydrogens is 190 g/mol. The summed E-state index contributed by atoms with van der Waals surface area (Å²) in [5.74, 6) is 0. The van der Waals surface area contributed by atoms with Crippen molar-refractivity contribution in [2.45, 2.75) is 11.4 Å². The molecule has 0 saturated carbocycles. The summed E-state index contributed by atoms with van der Waals surface area (Å²) in [6, 6.07) is 12.7. The molecule has 2 aromatic rings. The van der Waals surface area contributed by atoms with Crippen LogP contribution in [0.25, 0.3) is 10.8 Å². The molecule has 1 nitrogen and oxygen atoms in total. The SMILES string of the molecule is CSc1ccc(CN)c2ccccc12. The van der Waals surface area contributed by atoms with Crippen molar-refractivity contribution in [1.29, 1.82) is 0 Å². The van der Waals surface area contributed by atoms with Crippen LogP contribution in [0, 0.1) is 0 Å². The molecule has 2 rings (SSSR count). The van der Waals surface area contributed by atoms with E-state index in [2.05, 4.69) is 42.7 Å². The van der Waals surface area contributed by atoms with Gasteiger partial charge in [0.05, 0.1) is 0 Å². The molecule has 0 saturated heterocycles. The monoisotopic (exact) mass is 203 g/mol. The van der Waals surface area contributed by atoms with Crippen LogP contribution in [-0.2, 0) is 6.54 Å². The summed E-state index contributed by atoms with van der Waals surface area (Å²) >= 11 is 1.78. The third-order valence-electron chi connectivity index (χ3n) is 2.41. The number of fused-ring (bicyclic) bond motifs is 1. The van der Waals surface area contributed by atoms with Crippen LogP contribution in [0.15, 0.2) is 41.3 Å². The van der Waals surface area contributed by atoms with E-state index in [0.717, 1.165) is 0 Å². The first-order valence-corrected chi connectivity index (χ1v) is 5.84. The molecular formula is C12H13NS. The van der Waals surface area contributed by atoms with E-state index >= 15 is 0 Å². The Hall–Kier alpha value is -0.990. The predicted octanol–water partition coefficient (Wildman–Crippen LogP) is 3.02. The first-order valence-electron chi connectivity index (χ1n) is 4.61. The fourth-order valence-electron chi connectivity index (χ4n) is 1.69. The minimum absolute atomic E-state index is 0.606. The molecule has 0 aromatic heterocycles. The van der Waals surface area contributed by atoms with E-state index in [0.29, 0.717) is 6.54 Å². The summed E-state index contributed by atoms with van der Waals surface area (Å²) in [6.07, 6.45) is 2.10. The standard InChI is InChI=1S/C12H13NS/c1-14-12-7-6-9(8-13)10-4-2-3-5-11(10)12/h2-7H,8,13H2,1H3. The second-order valence-corrected chi connectivity index (χ2v) is 4.02. The Morgan fingerprint density at radius 1 is 1.07 bits per heavy atom. The summed E-state index contributed by atoms with van der Waals surface area (Å²) in [5, 5.41) is 2.59. The molecule has 0 bridgehead atoms. The highest BCUT2D eigenvalue weighted by Gasteiger charge is 2.02. The first-order chi connectivity index (χ1) is 6.86. The number of benzene rings is 2. The minimum atomic E-state index is 0.606. The minimum Gasteiger partial charge on any atom is -0.326 e. The third kappa shape index (κ3) is 1.51. The van der Waals surface area contributed by atoms with Gasteiger partial charge in [0.15, 0.2) is 0 Å². The Morgan fingerprint density at radius 2 is 1.79 bits per heavy atom. The van der Waals surface area contributed by atoms with Crippen LogP contribution in [0.1, 0.15) is 5.56 Å². The highest BCUT2D eigenvalue weighted by atomic mass is 32.2. The van der Waals surface area contributed by atoms with Crippen LogP contribution >= 0.6 is 11.8 Å². The van der Waals surface area contributed by atoms with E-state index < -0.39 is 0 Å². The predicted molar refractivity (Wildman–Crippen MR) is 63.6 cm³/mol. The number of hydrogen-bond acceptors (Lipinski definition) is 2. The van der Waals surface area contributed by atoms with Gasteiger partial charge in [-0.15, -0.1) is 11.8 Å². The van der Waals surface area contributed by atoms with Crippen molar-refractivity contribution in [3.63, 3.8) is 0 Å². The van der Waals surface area contributed by atoms with Crippen molar-refractivity contribution in [2.24, 2.45) is 5.73 Å².